The van der Waals surface area contributed by atoms with Crippen molar-refractivity contribution in [3.05, 3.63) is 63.4 Å². The molecule has 0 saturated heterocycles. The van der Waals surface area contributed by atoms with E-state index in [1.54, 1.807) is 24.3 Å². The maximum absolute atomic E-state index is 13.2. The molecule has 0 aliphatic carbocycles. The van der Waals surface area contributed by atoms with Gasteiger partial charge in [0.05, 0.1) is 11.5 Å². The Kier molecular flexibility index (Phi) is 4.90. The van der Waals surface area contributed by atoms with Crippen molar-refractivity contribution >= 4 is 34.6 Å². The van der Waals surface area contributed by atoms with Gasteiger partial charge in [0.1, 0.15) is 0 Å². The molecule has 0 unspecified atom stereocenters. The Morgan fingerprint density at radius 1 is 1.18 bits per heavy atom. The summed E-state index contributed by atoms with van der Waals surface area (Å²) in [6, 6.07) is 9.87. The number of carbonyl (C=O) groups excluding carboxylic acids is 1. The van der Waals surface area contributed by atoms with Crippen LogP contribution in [0.3, 0.4) is 0 Å². The van der Waals surface area contributed by atoms with Crippen molar-refractivity contribution in [1.29, 1.82) is 0 Å². The highest BCUT2D eigenvalue weighted by molar-refractivity contribution is 6.30. The number of nitrogens with one attached hydrogen (secondary N) is 2. The van der Waals surface area contributed by atoms with Gasteiger partial charge < -0.3 is 10.6 Å². The van der Waals surface area contributed by atoms with Crippen LogP contribution in [-0.2, 0) is 4.79 Å². The van der Waals surface area contributed by atoms with Crippen LogP contribution in [0.25, 0.3) is 0 Å². The van der Waals surface area contributed by atoms with Crippen molar-refractivity contribution in [2.45, 2.75) is 0 Å². The van der Waals surface area contributed by atoms with Crippen LogP contribution in [0.4, 0.5) is 21.5 Å². The molecule has 114 valence electrons. The molecular formula is C14H11ClFN3O3. The topological polar surface area (TPSA) is 84.3 Å². The summed E-state index contributed by atoms with van der Waals surface area (Å²) in [5.74, 6) is -1.28. The molecule has 0 saturated carbocycles. The van der Waals surface area contributed by atoms with E-state index in [0.29, 0.717) is 10.7 Å². The van der Waals surface area contributed by atoms with Crippen LogP contribution in [-0.4, -0.2) is 17.4 Å². The van der Waals surface area contributed by atoms with Crippen LogP contribution in [0.1, 0.15) is 0 Å². The summed E-state index contributed by atoms with van der Waals surface area (Å²) in [5, 5.41) is 16.5. The lowest BCUT2D eigenvalue weighted by atomic mass is 10.2. The minimum atomic E-state index is -0.929. The minimum Gasteiger partial charge on any atom is -0.376 e. The normalized spacial score (nSPS) is 10.1. The Balaban J connectivity index is 1.95. The average molecular weight is 324 g/mol. The Morgan fingerprint density at radius 3 is 2.45 bits per heavy atom. The number of hydrogen-bond donors (Lipinski definition) is 2. The smallest absolute Gasteiger partial charge is 0.306 e. The van der Waals surface area contributed by atoms with Crippen molar-refractivity contribution in [3.8, 4) is 0 Å². The minimum absolute atomic E-state index is 0.120. The highest BCUT2D eigenvalue weighted by atomic mass is 35.5. The van der Waals surface area contributed by atoms with E-state index in [9.17, 15) is 19.3 Å². The maximum Gasteiger partial charge on any atom is 0.306 e. The van der Waals surface area contributed by atoms with Gasteiger partial charge in [0.25, 0.3) is 0 Å². The van der Waals surface area contributed by atoms with Crippen LogP contribution < -0.4 is 10.6 Å². The summed E-state index contributed by atoms with van der Waals surface area (Å²) < 4.78 is 13.2. The van der Waals surface area contributed by atoms with Gasteiger partial charge in [-0.3, -0.25) is 14.9 Å². The fourth-order valence-corrected chi connectivity index (χ4v) is 1.81. The number of rotatable bonds is 5. The van der Waals surface area contributed by atoms with Gasteiger partial charge in [0.2, 0.25) is 11.7 Å². The molecule has 0 aliphatic rings. The van der Waals surface area contributed by atoms with Crippen LogP contribution >= 0.6 is 11.6 Å². The molecule has 0 aliphatic heterocycles. The molecular weight excluding hydrogens is 313 g/mol. The van der Waals surface area contributed by atoms with Crippen LogP contribution in [0.15, 0.2) is 42.5 Å². The van der Waals surface area contributed by atoms with Gasteiger partial charge in [-0.05, 0) is 36.4 Å². The van der Waals surface area contributed by atoms with E-state index >= 15 is 0 Å². The first-order chi connectivity index (χ1) is 10.5. The molecule has 0 heterocycles. The lowest BCUT2D eigenvalue weighted by Gasteiger charge is -2.08. The molecule has 0 aromatic heterocycles. The van der Waals surface area contributed by atoms with Crippen LogP contribution in [0.2, 0.25) is 5.02 Å². The van der Waals surface area contributed by atoms with E-state index in [4.69, 9.17) is 11.6 Å². The summed E-state index contributed by atoms with van der Waals surface area (Å²) in [7, 11) is 0. The molecule has 6 nitrogen and oxygen atoms in total. The number of benzene rings is 2. The van der Waals surface area contributed by atoms with Gasteiger partial charge in [-0.1, -0.05) is 11.6 Å². The third-order valence-corrected chi connectivity index (χ3v) is 2.98. The second-order valence-corrected chi connectivity index (χ2v) is 4.77. The largest absolute Gasteiger partial charge is 0.376 e. The SMILES string of the molecule is O=C(CNc1ccc(F)c([N+](=O)[O-])c1)Nc1ccc(Cl)cc1. The van der Waals surface area contributed by atoms with Gasteiger partial charge in [0, 0.05) is 22.5 Å². The fourth-order valence-electron chi connectivity index (χ4n) is 1.68. The van der Waals surface area contributed by atoms with Crippen molar-refractivity contribution in [2.75, 3.05) is 17.2 Å². The molecule has 22 heavy (non-hydrogen) atoms. The number of nitrogens with zero attached hydrogens (tertiary/aromatic N) is 1. The Labute approximate surface area is 130 Å². The molecule has 0 fully saturated rings. The molecule has 8 heteroatoms. The second kappa shape index (κ2) is 6.86. The number of anilines is 2. The molecule has 0 spiro atoms. The highest BCUT2D eigenvalue weighted by Gasteiger charge is 2.14. The summed E-state index contributed by atoms with van der Waals surface area (Å²) >= 11 is 5.73. The number of amides is 1. The van der Waals surface area contributed by atoms with Gasteiger partial charge in [0.15, 0.2) is 0 Å². The van der Waals surface area contributed by atoms with E-state index in [1.165, 1.54) is 6.07 Å². The van der Waals surface area contributed by atoms with Crippen LogP contribution in [0, 0.1) is 15.9 Å². The number of hydrogen-bond acceptors (Lipinski definition) is 4. The van der Waals surface area contributed by atoms with Crippen molar-refractivity contribution in [2.24, 2.45) is 0 Å². The van der Waals surface area contributed by atoms with Gasteiger partial charge >= 0.3 is 5.69 Å². The quantitative estimate of drug-likeness (QED) is 0.652. The molecule has 0 atom stereocenters. The number of nitro groups is 1. The standard InChI is InChI=1S/C14H11ClFN3O3/c15-9-1-3-10(4-2-9)18-14(20)8-17-11-5-6-12(16)13(7-11)19(21)22/h1-7,17H,8H2,(H,18,20). The molecule has 0 bridgehead atoms. The third-order valence-electron chi connectivity index (χ3n) is 2.72. The lowest BCUT2D eigenvalue weighted by Crippen LogP contribution is -2.21. The van der Waals surface area contributed by atoms with Crippen LogP contribution in [0.5, 0.6) is 0 Å². The predicted molar refractivity (Wildman–Crippen MR) is 81.6 cm³/mol. The first-order valence-electron chi connectivity index (χ1n) is 6.19. The predicted octanol–water partition coefficient (Wildman–Crippen LogP) is 3.44. The zero-order valence-electron chi connectivity index (χ0n) is 11.2. The molecule has 2 aromatic carbocycles. The summed E-state index contributed by atoms with van der Waals surface area (Å²) in [5.41, 5.74) is 0.198. The van der Waals surface area contributed by atoms with E-state index < -0.39 is 16.4 Å². The fraction of sp³-hybridized carbons (Fsp3) is 0.0714. The lowest BCUT2D eigenvalue weighted by molar-refractivity contribution is -0.387. The van der Waals surface area contributed by atoms with Gasteiger partial charge in [-0.15, -0.1) is 0 Å². The molecule has 2 rings (SSSR count). The number of carbonyl (C=O) groups is 1. The number of nitro benzene ring substituents is 1. The maximum atomic E-state index is 13.2. The Morgan fingerprint density at radius 2 is 1.82 bits per heavy atom. The van der Waals surface area contributed by atoms with Gasteiger partial charge in [-0.2, -0.15) is 4.39 Å². The monoisotopic (exact) mass is 323 g/mol. The first kappa shape index (κ1) is 15.7. The van der Waals surface area contributed by atoms with Crippen molar-refractivity contribution in [3.63, 3.8) is 0 Å². The summed E-state index contributed by atoms with van der Waals surface area (Å²) in [6.07, 6.45) is 0. The Bertz CT molecular complexity index is 707. The van der Waals surface area contributed by atoms with E-state index in [0.717, 1.165) is 12.1 Å². The van der Waals surface area contributed by atoms with Gasteiger partial charge in [-0.25, -0.2) is 0 Å². The number of halogens is 2. The zero-order valence-corrected chi connectivity index (χ0v) is 11.9. The Hall–Kier alpha value is -2.67. The molecule has 0 radical (unpaired) electrons. The van der Waals surface area contributed by atoms with E-state index in [2.05, 4.69) is 10.6 Å². The molecule has 2 aromatic rings. The zero-order chi connectivity index (χ0) is 16.1. The van der Waals surface area contributed by atoms with E-state index in [-0.39, 0.29) is 18.1 Å². The third kappa shape index (κ3) is 4.16. The second-order valence-electron chi connectivity index (χ2n) is 4.33. The highest BCUT2D eigenvalue weighted by Crippen LogP contribution is 2.21. The first-order valence-corrected chi connectivity index (χ1v) is 6.57. The average Bonchev–Trinajstić information content (AvgIpc) is 2.48. The molecule has 2 N–H and O–H groups in total. The summed E-state index contributed by atoms with van der Waals surface area (Å²) in [6.45, 7) is -0.120. The van der Waals surface area contributed by atoms with Crippen molar-refractivity contribution < 1.29 is 14.1 Å². The van der Waals surface area contributed by atoms with E-state index in [1.807, 2.05) is 0 Å². The van der Waals surface area contributed by atoms with Crippen molar-refractivity contribution in [1.82, 2.24) is 0 Å². The molecule has 1 amide bonds. The summed E-state index contributed by atoms with van der Waals surface area (Å²) in [4.78, 5) is 21.5.